The summed E-state index contributed by atoms with van der Waals surface area (Å²) in [5.74, 6) is 0.454. The lowest BCUT2D eigenvalue weighted by atomic mass is 10.0. The van der Waals surface area contributed by atoms with Gasteiger partial charge in [-0.2, -0.15) is 0 Å². The maximum atomic E-state index is 2.24. The number of aryl methyl sites for hydroxylation is 2. The SMILES string of the molecule is CC(c1cccn1C)c1cccn1C. The summed E-state index contributed by atoms with van der Waals surface area (Å²) >= 11 is 0. The van der Waals surface area contributed by atoms with Crippen molar-refractivity contribution in [2.45, 2.75) is 12.8 Å². The van der Waals surface area contributed by atoms with Crippen molar-refractivity contribution in [2.75, 3.05) is 0 Å². The zero-order valence-corrected chi connectivity index (χ0v) is 8.94. The lowest BCUT2D eigenvalue weighted by Crippen LogP contribution is -2.06. The molecule has 0 unspecified atom stereocenters. The van der Waals surface area contributed by atoms with E-state index in [1.54, 1.807) is 0 Å². The summed E-state index contributed by atoms with van der Waals surface area (Å²) in [6.07, 6.45) is 4.18. The first-order chi connectivity index (χ1) is 6.70. The second kappa shape index (κ2) is 3.37. The quantitative estimate of drug-likeness (QED) is 0.685. The van der Waals surface area contributed by atoms with Gasteiger partial charge in [0.1, 0.15) is 0 Å². The molecule has 0 saturated heterocycles. The molecule has 0 aromatic carbocycles. The van der Waals surface area contributed by atoms with Gasteiger partial charge in [-0.3, -0.25) is 0 Å². The third-order valence-electron chi connectivity index (χ3n) is 2.86. The fraction of sp³-hybridized carbons (Fsp3) is 0.333. The minimum Gasteiger partial charge on any atom is -0.354 e. The predicted octanol–water partition coefficient (Wildman–Crippen LogP) is 2.52. The Kier molecular flexibility index (Phi) is 2.20. The third-order valence-corrected chi connectivity index (χ3v) is 2.86. The van der Waals surface area contributed by atoms with E-state index in [0.717, 1.165) is 0 Å². The van der Waals surface area contributed by atoms with E-state index in [9.17, 15) is 0 Å². The molecule has 0 radical (unpaired) electrons. The van der Waals surface area contributed by atoms with Gasteiger partial charge in [-0.25, -0.2) is 0 Å². The molecular formula is C12H16N2. The largest absolute Gasteiger partial charge is 0.354 e. The van der Waals surface area contributed by atoms with Crippen LogP contribution in [0.25, 0.3) is 0 Å². The second-order valence-corrected chi connectivity index (χ2v) is 3.81. The van der Waals surface area contributed by atoms with Crippen LogP contribution in [-0.4, -0.2) is 9.13 Å². The van der Waals surface area contributed by atoms with Gasteiger partial charge in [0, 0.05) is 43.8 Å². The van der Waals surface area contributed by atoms with Gasteiger partial charge in [0.2, 0.25) is 0 Å². The minimum atomic E-state index is 0.454. The first kappa shape index (κ1) is 9.13. The standard InChI is InChI=1S/C12H16N2/c1-10(11-6-4-8-13(11)2)12-7-5-9-14(12)3/h4-10H,1-3H3. The zero-order valence-electron chi connectivity index (χ0n) is 8.94. The van der Waals surface area contributed by atoms with E-state index in [0.29, 0.717) is 5.92 Å². The highest BCUT2D eigenvalue weighted by Gasteiger charge is 2.12. The minimum absolute atomic E-state index is 0.454. The van der Waals surface area contributed by atoms with Crippen LogP contribution in [0.5, 0.6) is 0 Å². The van der Waals surface area contributed by atoms with Crippen molar-refractivity contribution in [1.82, 2.24) is 9.13 Å². The first-order valence-corrected chi connectivity index (χ1v) is 4.92. The molecule has 0 fully saturated rings. The molecule has 0 aliphatic carbocycles. The average Bonchev–Trinajstić information content (AvgIpc) is 2.73. The summed E-state index contributed by atoms with van der Waals surface area (Å²) in [7, 11) is 4.18. The number of hydrogen-bond acceptors (Lipinski definition) is 0. The fourth-order valence-corrected chi connectivity index (χ4v) is 2.00. The van der Waals surface area contributed by atoms with Crippen molar-refractivity contribution >= 4 is 0 Å². The van der Waals surface area contributed by atoms with Crippen molar-refractivity contribution in [3.8, 4) is 0 Å². The summed E-state index contributed by atoms with van der Waals surface area (Å²) < 4.78 is 4.36. The molecule has 0 atom stereocenters. The van der Waals surface area contributed by atoms with E-state index in [2.05, 4.69) is 66.8 Å². The number of rotatable bonds is 2. The molecule has 0 amide bonds. The topological polar surface area (TPSA) is 9.86 Å². The van der Waals surface area contributed by atoms with Gasteiger partial charge >= 0.3 is 0 Å². The molecule has 0 N–H and O–H groups in total. The van der Waals surface area contributed by atoms with Crippen LogP contribution in [0.1, 0.15) is 24.2 Å². The van der Waals surface area contributed by atoms with Gasteiger partial charge in [-0.1, -0.05) is 6.92 Å². The van der Waals surface area contributed by atoms with Gasteiger partial charge in [0.15, 0.2) is 0 Å². The zero-order chi connectivity index (χ0) is 10.1. The second-order valence-electron chi connectivity index (χ2n) is 3.81. The van der Waals surface area contributed by atoms with Crippen LogP contribution in [0, 0.1) is 0 Å². The van der Waals surface area contributed by atoms with Gasteiger partial charge in [0.25, 0.3) is 0 Å². The summed E-state index contributed by atoms with van der Waals surface area (Å²) in [5.41, 5.74) is 2.71. The molecule has 2 aromatic heterocycles. The maximum Gasteiger partial charge on any atom is 0.0367 e. The van der Waals surface area contributed by atoms with Crippen LogP contribution < -0.4 is 0 Å². The Hall–Kier alpha value is -1.44. The van der Waals surface area contributed by atoms with E-state index in [4.69, 9.17) is 0 Å². The van der Waals surface area contributed by atoms with Crippen molar-refractivity contribution in [1.29, 1.82) is 0 Å². The maximum absolute atomic E-state index is 2.24. The van der Waals surface area contributed by atoms with Crippen LogP contribution in [-0.2, 0) is 14.1 Å². The molecule has 0 spiro atoms. The Morgan fingerprint density at radius 1 is 0.929 bits per heavy atom. The molecule has 14 heavy (non-hydrogen) atoms. The van der Waals surface area contributed by atoms with Gasteiger partial charge in [-0.05, 0) is 24.3 Å². The lowest BCUT2D eigenvalue weighted by Gasteiger charge is -2.14. The van der Waals surface area contributed by atoms with E-state index in [-0.39, 0.29) is 0 Å². The first-order valence-electron chi connectivity index (χ1n) is 4.92. The molecule has 0 saturated carbocycles. The number of hydrogen-bond donors (Lipinski definition) is 0. The molecule has 74 valence electrons. The molecule has 2 heterocycles. The summed E-state index contributed by atoms with van der Waals surface area (Å²) in [4.78, 5) is 0. The van der Waals surface area contributed by atoms with Crippen molar-refractivity contribution < 1.29 is 0 Å². The van der Waals surface area contributed by atoms with Crippen LogP contribution in [0.4, 0.5) is 0 Å². The Morgan fingerprint density at radius 2 is 1.36 bits per heavy atom. The fourth-order valence-electron chi connectivity index (χ4n) is 2.00. The number of aromatic nitrogens is 2. The molecule has 2 heteroatoms. The van der Waals surface area contributed by atoms with Crippen molar-refractivity contribution in [3.63, 3.8) is 0 Å². The Morgan fingerprint density at radius 3 is 1.64 bits per heavy atom. The normalized spacial score (nSPS) is 11.1. The summed E-state index contributed by atoms with van der Waals surface area (Å²) in [6.45, 7) is 2.24. The van der Waals surface area contributed by atoms with Gasteiger partial charge < -0.3 is 9.13 Å². The van der Waals surface area contributed by atoms with Crippen molar-refractivity contribution in [2.24, 2.45) is 14.1 Å². The number of nitrogens with zero attached hydrogens (tertiary/aromatic N) is 2. The highest BCUT2D eigenvalue weighted by Crippen LogP contribution is 2.23. The monoisotopic (exact) mass is 188 g/mol. The Balaban J connectivity index is 2.38. The Labute approximate surface area is 84.8 Å². The third kappa shape index (κ3) is 1.37. The molecule has 0 bridgehead atoms. The molecule has 2 aromatic rings. The van der Waals surface area contributed by atoms with Crippen LogP contribution in [0.2, 0.25) is 0 Å². The van der Waals surface area contributed by atoms with E-state index in [1.807, 2.05) is 0 Å². The van der Waals surface area contributed by atoms with E-state index < -0.39 is 0 Å². The lowest BCUT2D eigenvalue weighted by molar-refractivity contribution is 0.711. The predicted molar refractivity (Wildman–Crippen MR) is 58.3 cm³/mol. The van der Waals surface area contributed by atoms with E-state index >= 15 is 0 Å². The molecule has 0 aliphatic heterocycles. The molecule has 0 aliphatic rings. The van der Waals surface area contributed by atoms with Crippen LogP contribution in [0.15, 0.2) is 36.7 Å². The van der Waals surface area contributed by atoms with Crippen LogP contribution >= 0.6 is 0 Å². The average molecular weight is 188 g/mol. The van der Waals surface area contributed by atoms with Crippen molar-refractivity contribution in [3.05, 3.63) is 48.0 Å². The molecule has 2 rings (SSSR count). The summed E-state index contributed by atoms with van der Waals surface area (Å²) in [5, 5.41) is 0. The molecular weight excluding hydrogens is 172 g/mol. The smallest absolute Gasteiger partial charge is 0.0367 e. The summed E-state index contributed by atoms with van der Waals surface area (Å²) in [6, 6.07) is 8.54. The van der Waals surface area contributed by atoms with Crippen LogP contribution in [0.3, 0.4) is 0 Å². The van der Waals surface area contributed by atoms with E-state index in [1.165, 1.54) is 11.4 Å². The Bertz CT molecular complexity index is 383. The highest BCUT2D eigenvalue weighted by molar-refractivity contribution is 5.24. The molecule has 2 nitrogen and oxygen atoms in total. The highest BCUT2D eigenvalue weighted by atomic mass is 15.0. The van der Waals surface area contributed by atoms with Gasteiger partial charge in [0.05, 0.1) is 0 Å². The van der Waals surface area contributed by atoms with Gasteiger partial charge in [-0.15, -0.1) is 0 Å².